The van der Waals surface area contributed by atoms with Gasteiger partial charge in [0, 0.05) is 25.0 Å². The number of aryl methyl sites for hydroxylation is 1. The quantitative estimate of drug-likeness (QED) is 0.658. The van der Waals surface area contributed by atoms with Crippen LogP contribution in [0.15, 0.2) is 24.3 Å². The summed E-state index contributed by atoms with van der Waals surface area (Å²) in [4.78, 5) is 31.2. The van der Waals surface area contributed by atoms with Crippen LogP contribution in [0.4, 0.5) is 29.1 Å². The van der Waals surface area contributed by atoms with E-state index < -0.39 is 52.8 Å². The number of hydrogen-bond acceptors (Lipinski definition) is 5. The molecule has 1 aliphatic rings. The zero-order valence-corrected chi connectivity index (χ0v) is 18.1. The molecule has 7 nitrogen and oxygen atoms in total. The lowest BCUT2D eigenvalue weighted by Crippen LogP contribution is -2.45. The molecule has 0 spiro atoms. The first-order valence-electron chi connectivity index (χ1n) is 9.56. The molecular formula is C21H17ClF4N4O3. The maximum atomic E-state index is 13.6. The number of rotatable bonds is 4. The van der Waals surface area contributed by atoms with E-state index in [1.165, 1.54) is 32.2 Å². The van der Waals surface area contributed by atoms with Gasteiger partial charge in [0.1, 0.15) is 29.3 Å². The Bertz CT molecular complexity index is 1170. The first-order chi connectivity index (χ1) is 15.3. The fourth-order valence-corrected chi connectivity index (χ4v) is 3.90. The smallest absolute Gasteiger partial charge is 0.417 e. The summed E-state index contributed by atoms with van der Waals surface area (Å²) in [6.45, 7) is 0.973. The van der Waals surface area contributed by atoms with Crippen molar-refractivity contribution in [3.63, 3.8) is 0 Å². The summed E-state index contributed by atoms with van der Waals surface area (Å²) < 4.78 is 54.2. The van der Waals surface area contributed by atoms with Gasteiger partial charge in [-0.15, -0.1) is 0 Å². The molecule has 2 heterocycles. The number of carbonyl (C=O) groups is 2. The topological polar surface area (TPSA) is 97.5 Å². The highest BCUT2D eigenvalue weighted by Gasteiger charge is 2.45. The molecule has 12 heteroatoms. The number of nitrogens with zero attached hydrogens (tertiary/aromatic N) is 4. The summed E-state index contributed by atoms with van der Waals surface area (Å²) in [5.74, 6) is -4.14. The van der Waals surface area contributed by atoms with Gasteiger partial charge in [0.05, 0.1) is 16.5 Å². The number of carbonyl (C=O) groups excluding carboxylic acids is 1. The minimum Gasteiger partial charge on any atom is -0.481 e. The summed E-state index contributed by atoms with van der Waals surface area (Å²) >= 11 is 5.77. The van der Waals surface area contributed by atoms with Crippen molar-refractivity contribution >= 4 is 35.0 Å². The van der Waals surface area contributed by atoms with Crippen molar-refractivity contribution < 1.29 is 32.3 Å². The number of halogens is 5. The third-order valence-corrected chi connectivity index (χ3v) is 5.66. The zero-order chi connectivity index (χ0) is 24.7. The number of aromatic nitrogens is 1. The number of carboxylic acid groups (broad SMARTS) is 1. The summed E-state index contributed by atoms with van der Waals surface area (Å²) in [6, 6.07) is 4.49. The molecule has 33 heavy (non-hydrogen) atoms. The summed E-state index contributed by atoms with van der Waals surface area (Å²) in [7, 11) is 1.34. The van der Waals surface area contributed by atoms with Crippen LogP contribution in [0.1, 0.15) is 23.2 Å². The van der Waals surface area contributed by atoms with Crippen LogP contribution in [0.3, 0.4) is 0 Å². The third kappa shape index (κ3) is 4.71. The monoisotopic (exact) mass is 484 g/mol. The van der Waals surface area contributed by atoms with Gasteiger partial charge in [0.15, 0.2) is 0 Å². The molecule has 1 fully saturated rings. The predicted molar refractivity (Wildman–Crippen MR) is 110 cm³/mol. The third-order valence-electron chi connectivity index (χ3n) is 5.37. The average Bonchev–Trinajstić information content (AvgIpc) is 3.19. The van der Waals surface area contributed by atoms with Crippen LogP contribution in [0, 0.1) is 30.0 Å². The Hall–Kier alpha value is -3.39. The van der Waals surface area contributed by atoms with Gasteiger partial charge in [-0.2, -0.15) is 18.4 Å². The molecule has 2 aromatic rings. The number of hydrogen-bond donors (Lipinski definition) is 1. The minimum atomic E-state index is -4.86. The van der Waals surface area contributed by atoms with E-state index >= 15 is 0 Å². The molecule has 0 radical (unpaired) electrons. The number of carboxylic acids is 1. The summed E-state index contributed by atoms with van der Waals surface area (Å²) in [5, 5.41) is 18.7. The summed E-state index contributed by atoms with van der Waals surface area (Å²) in [6.07, 6.45) is -5.09. The lowest BCUT2D eigenvalue weighted by molar-refractivity contribution is -0.141. The summed E-state index contributed by atoms with van der Waals surface area (Å²) in [5.41, 5.74) is -1.89. The first kappa shape index (κ1) is 24.3. The number of alkyl halides is 3. The Morgan fingerprint density at radius 3 is 2.55 bits per heavy atom. The normalized spacial score (nSPS) is 18.2. The Morgan fingerprint density at radius 2 is 2.00 bits per heavy atom. The number of benzene rings is 1. The molecule has 174 valence electrons. The molecule has 1 N–H and O–H groups in total. The molecule has 1 unspecified atom stereocenters. The van der Waals surface area contributed by atoms with Crippen LogP contribution in [0.5, 0.6) is 0 Å². The van der Waals surface area contributed by atoms with Crippen molar-refractivity contribution in [1.82, 2.24) is 4.98 Å². The van der Waals surface area contributed by atoms with Gasteiger partial charge in [-0.1, -0.05) is 11.6 Å². The second-order valence-electron chi connectivity index (χ2n) is 7.55. The molecule has 1 aromatic heterocycles. The van der Waals surface area contributed by atoms with Crippen LogP contribution in [0.2, 0.25) is 5.02 Å². The number of aliphatic carboxylic acids is 1. The standard InChI is InChI=1S/C21H17ClF4N4O3/c1-10-5-14(21(24,25)26)13(8-27)18(28-10)30-9-11(20(32)33)6-17(30)19(31)29(2)12-3-4-16(23)15(22)7-12/h3-5,7,11,17H,6,9H2,1-2H3,(H,32,33)/t11-,17?/m0/s1. The minimum absolute atomic E-state index is 0.0556. The molecule has 1 aliphatic heterocycles. The van der Waals surface area contributed by atoms with E-state index in [2.05, 4.69) is 4.98 Å². The van der Waals surface area contributed by atoms with E-state index in [-0.39, 0.29) is 29.4 Å². The second-order valence-corrected chi connectivity index (χ2v) is 7.96. The maximum Gasteiger partial charge on any atom is 0.417 e. The van der Waals surface area contributed by atoms with Gasteiger partial charge in [-0.25, -0.2) is 9.37 Å². The maximum absolute atomic E-state index is 13.6. The Labute approximate surface area is 190 Å². The largest absolute Gasteiger partial charge is 0.481 e. The molecule has 3 rings (SSSR count). The van der Waals surface area contributed by atoms with Gasteiger partial charge in [0.2, 0.25) is 5.91 Å². The van der Waals surface area contributed by atoms with Crippen LogP contribution in [-0.4, -0.2) is 41.6 Å². The molecule has 1 saturated heterocycles. The SMILES string of the molecule is Cc1cc(C(F)(F)F)c(C#N)c(N2C[C@@H](C(=O)O)CC2C(=O)N(C)c2ccc(F)c(Cl)c2)n1. The van der Waals surface area contributed by atoms with Crippen molar-refractivity contribution in [3.05, 3.63) is 51.9 Å². The van der Waals surface area contributed by atoms with E-state index in [0.717, 1.165) is 21.9 Å². The highest BCUT2D eigenvalue weighted by molar-refractivity contribution is 6.31. The number of likely N-dealkylation sites (N-methyl/N-ethyl adjacent to an activating group) is 1. The fourth-order valence-electron chi connectivity index (χ4n) is 3.73. The van der Waals surface area contributed by atoms with Gasteiger partial charge >= 0.3 is 12.1 Å². The van der Waals surface area contributed by atoms with E-state index in [0.29, 0.717) is 0 Å². The van der Waals surface area contributed by atoms with Crippen molar-refractivity contribution in [2.24, 2.45) is 5.92 Å². The average molecular weight is 485 g/mol. The Kier molecular flexibility index (Phi) is 6.51. The highest BCUT2D eigenvalue weighted by Crippen LogP contribution is 2.39. The van der Waals surface area contributed by atoms with Crippen molar-refractivity contribution in [3.8, 4) is 6.07 Å². The number of amides is 1. The molecular weight excluding hydrogens is 468 g/mol. The molecule has 0 saturated carbocycles. The molecule has 1 amide bonds. The molecule has 0 aliphatic carbocycles. The van der Waals surface area contributed by atoms with Gasteiger partial charge < -0.3 is 14.9 Å². The van der Waals surface area contributed by atoms with Crippen LogP contribution in [-0.2, 0) is 15.8 Å². The highest BCUT2D eigenvalue weighted by atomic mass is 35.5. The van der Waals surface area contributed by atoms with Crippen LogP contribution in [0.25, 0.3) is 0 Å². The molecule has 2 atom stereocenters. The van der Waals surface area contributed by atoms with Gasteiger partial charge in [0.25, 0.3) is 0 Å². The first-order valence-corrected chi connectivity index (χ1v) is 9.94. The second kappa shape index (κ2) is 8.86. The van der Waals surface area contributed by atoms with Crippen LogP contribution < -0.4 is 9.80 Å². The molecule has 0 bridgehead atoms. The van der Waals surface area contributed by atoms with Gasteiger partial charge in [-0.05, 0) is 37.6 Å². The Morgan fingerprint density at radius 1 is 1.33 bits per heavy atom. The lowest BCUT2D eigenvalue weighted by atomic mass is 10.0. The number of nitriles is 1. The zero-order valence-electron chi connectivity index (χ0n) is 17.3. The van der Waals surface area contributed by atoms with Crippen molar-refractivity contribution in [2.45, 2.75) is 25.6 Å². The van der Waals surface area contributed by atoms with Crippen molar-refractivity contribution in [2.75, 3.05) is 23.4 Å². The lowest BCUT2D eigenvalue weighted by Gasteiger charge is -2.30. The van der Waals surface area contributed by atoms with E-state index in [4.69, 9.17) is 11.6 Å². The molecule has 1 aromatic carbocycles. The van der Waals surface area contributed by atoms with Crippen LogP contribution >= 0.6 is 11.6 Å². The van der Waals surface area contributed by atoms with Crippen molar-refractivity contribution in [1.29, 1.82) is 5.26 Å². The van der Waals surface area contributed by atoms with E-state index in [9.17, 15) is 37.5 Å². The van der Waals surface area contributed by atoms with E-state index in [1.54, 1.807) is 0 Å². The number of anilines is 2. The fraction of sp³-hybridized carbons (Fsp3) is 0.333. The predicted octanol–water partition coefficient (Wildman–Crippen LogP) is 4.02. The number of pyridine rings is 1. The Balaban J connectivity index is 2.09. The van der Waals surface area contributed by atoms with E-state index in [1.807, 2.05) is 0 Å². The van der Waals surface area contributed by atoms with Gasteiger partial charge in [-0.3, -0.25) is 9.59 Å².